The lowest BCUT2D eigenvalue weighted by atomic mass is 10.2. The van der Waals surface area contributed by atoms with Gasteiger partial charge in [0.05, 0.1) is 0 Å². The average molecular weight is 319 g/mol. The molecule has 0 fully saturated rings. The molecule has 0 saturated carbocycles. The standard InChI is InChI=1S/C15H14FN3O4/c1-18(9-11-4-6-12(16)7-5-11)14(20)10-23-13-3-2-8-17-15(13)19(21)22/h2-8H,9-10H2,1H3. The number of aromatic nitrogens is 1. The molecule has 8 heteroatoms. The second-order valence-electron chi connectivity index (χ2n) is 4.75. The van der Waals surface area contributed by atoms with Gasteiger partial charge in [-0.05, 0) is 39.7 Å². The minimum atomic E-state index is -0.679. The first-order chi connectivity index (χ1) is 11.0. The van der Waals surface area contributed by atoms with E-state index in [-0.39, 0.29) is 30.6 Å². The number of ether oxygens (including phenoxy) is 1. The lowest BCUT2D eigenvalue weighted by molar-refractivity contribution is -0.390. The number of nitrogens with zero attached hydrogens (tertiary/aromatic N) is 3. The van der Waals surface area contributed by atoms with E-state index in [1.54, 1.807) is 19.2 Å². The molecular weight excluding hydrogens is 305 g/mol. The summed E-state index contributed by atoms with van der Waals surface area (Å²) in [6.07, 6.45) is 1.27. The molecule has 1 aromatic heterocycles. The van der Waals surface area contributed by atoms with Crippen LogP contribution < -0.4 is 4.74 Å². The van der Waals surface area contributed by atoms with Crippen LogP contribution in [0.2, 0.25) is 0 Å². The Morgan fingerprint density at radius 1 is 1.35 bits per heavy atom. The van der Waals surface area contributed by atoms with Crippen molar-refractivity contribution < 1.29 is 18.8 Å². The second kappa shape index (κ2) is 7.30. The van der Waals surface area contributed by atoms with Gasteiger partial charge in [-0.3, -0.25) is 4.79 Å². The maximum Gasteiger partial charge on any atom is 0.406 e. The maximum absolute atomic E-state index is 12.8. The van der Waals surface area contributed by atoms with Gasteiger partial charge in [-0.1, -0.05) is 12.1 Å². The first kappa shape index (κ1) is 16.3. The molecule has 1 aromatic carbocycles. The number of amides is 1. The monoisotopic (exact) mass is 319 g/mol. The molecular formula is C15H14FN3O4. The predicted molar refractivity (Wildman–Crippen MR) is 79.3 cm³/mol. The summed E-state index contributed by atoms with van der Waals surface area (Å²) >= 11 is 0. The third kappa shape index (κ3) is 4.47. The summed E-state index contributed by atoms with van der Waals surface area (Å²) in [4.78, 5) is 27.1. The Morgan fingerprint density at radius 2 is 2.04 bits per heavy atom. The summed E-state index contributed by atoms with van der Waals surface area (Å²) < 4.78 is 18.0. The molecule has 0 N–H and O–H groups in total. The molecule has 0 unspecified atom stereocenters. The van der Waals surface area contributed by atoms with E-state index in [9.17, 15) is 19.3 Å². The Bertz CT molecular complexity index is 706. The summed E-state index contributed by atoms with van der Waals surface area (Å²) in [6, 6.07) is 8.62. The highest BCUT2D eigenvalue weighted by molar-refractivity contribution is 5.77. The first-order valence-electron chi connectivity index (χ1n) is 6.68. The smallest absolute Gasteiger partial charge is 0.406 e. The van der Waals surface area contributed by atoms with Crippen LogP contribution >= 0.6 is 0 Å². The molecule has 0 bridgehead atoms. The van der Waals surface area contributed by atoms with Crippen molar-refractivity contribution >= 4 is 11.7 Å². The largest absolute Gasteiger partial charge is 0.476 e. The molecule has 1 amide bonds. The van der Waals surface area contributed by atoms with Crippen molar-refractivity contribution in [2.24, 2.45) is 0 Å². The molecule has 0 saturated heterocycles. The summed E-state index contributed by atoms with van der Waals surface area (Å²) in [6.45, 7) is -0.0815. The number of halogens is 1. The fraction of sp³-hybridized carbons (Fsp3) is 0.200. The molecule has 0 radical (unpaired) electrons. The molecule has 23 heavy (non-hydrogen) atoms. The Labute approximate surface area is 131 Å². The first-order valence-corrected chi connectivity index (χ1v) is 6.68. The van der Waals surface area contributed by atoms with Gasteiger partial charge in [0.2, 0.25) is 5.75 Å². The molecule has 1 heterocycles. The number of benzene rings is 1. The van der Waals surface area contributed by atoms with E-state index in [0.717, 1.165) is 5.56 Å². The van der Waals surface area contributed by atoms with E-state index < -0.39 is 10.7 Å². The fourth-order valence-corrected chi connectivity index (χ4v) is 1.83. The highest BCUT2D eigenvalue weighted by Gasteiger charge is 2.18. The van der Waals surface area contributed by atoms with Crippen LogP contribution in [-0.2, 0) is 11.3 Å². The zero-order chi connectivity index (χ0) is 16.8. The van der Waals surface area contributed by atoms with Crippen LogP contribution in [0.3, 0.4) is 0 Å². The van der Waals surface area contributed by atoms with E-state index in [1.807, 2.05) is 0 Å². The SMILES string of the molecule is CN(Cc1ccc(F)cc1)C(=O)COc1cccnc1[N+](=O)[O-]. The molecule has 2 aromatic rings. The zero-order valence-corrected chi connectivity index (χ0v) is 12.3. The zero-order valence-electron chi connectivity index (χ0n) is 12.3. The van der Waals surface area contributed by atoms with Gasteiger partial charge in [0.25, 0.3) is 5.91 Å². The van der Waals surface area contributed by atoms with Crippen LogP contribution in [0.4, 0.5) is 10.2 Å². The van der Waals surface area contributed by atoms with Crippen molar-refractivity contribution in [3.05, 3.63) is 64.1 Å². The van der Waals surface area contributed by atoms with Crippen LogP contribution in [-0.4, -0.2) is 34.4 Å². The Hall–Kier alpha value is -3.03. The maximum atomic E-state index is 12.8. The van der Waals surface area contributed by atoms with Crippen LogP contribution in [0.25, 0.3) is 0 Å². The minimum absolute atomic E-state index is 0.0685. The van der Waals surface area contributed by atoms with Crippen molar-refractivity contribution in [2.45, 2.75) is 6.54 Å². The van der Waals surface area contributed by atoms with Crippen molar-refractivity contribution in [1.29, 1.82) is 0 Å². The van der Waals surface area contributed by atoms with Gasteiger partial charge in [0.15, 0.2) is 6.61 Å². The molecule has 120 valence electrons. The average Bonchev–Trinajstić information content (AvgIpc) is 2.54. The molecule has 0 atom stereocenters. The predicted octanol–water partition coefficient (Wildman–Crippen LogP) is 2.17. The van der Waals surface area contributed by atoms with Crippen LogP contribution in [0.5, 0.6) is 5.75 Å². The number of nitro groups is 1. The van der Waals surface area contributed by atoms with Crippen molar-refractivity contribution in [1.82, 2.24) is 9.88 Å². The van der Waals surface area contributed by atoms with Gasteiger partial charge in [-0.15, -0.1) is 0 Å². The third-order valence-corrected chi connectivity index (χ3v) is 3.03. The van der Waals surface area contributed by atoms with Crippen molar-refractivity contribution in [2.75, 3.05) is 13.7 Å². The van der Waals surface area contributed by atoms with Crippen molar-refractivity contribution in [3.8, 4) is 5.75 Å². The van der Waals surface area contributed by atoms with Crippen molar-refractivity contribution in [3.63, 3.8) is 0 Å². The Morgan fingerprint density at radius 3 is 2.70 bits per heavy atom. The summed E-state index contributed by atoms with van der Waals surface area (Å²) in [5.41, 5.74) is 0.759. The van der Waals surface area contributed by atoms with Gasteiger partial charge in [-0.25, -0.2) is 4.39 Å². The van der Waals surface area contributed by atoms with E-state index in [2.05, 4.69) is 4.98 Å². The molecule has 0 aliphatic rings. The fourth-order valence-electron chi connectivity index (χ4n) is 1.83. The highest BCUT2D eigenvalue weighted by Crippen LogP contribution is 2.22. The number of hydrogen-bond acceptors (Lipinski definition) is 5. The van der Waals surface area contributed by atoms with Gasteiger partial charge in [0.1, 0.15) is 12.0 Å². The molecule has 0 aliphatic carbocycles. The van der Waals surface area contributed by atoms with E-state index in [1.165, 1.54) is 35.4 Å². The van der Waals surface area contributed by atoms with E-state index >= 15 is 0 Å². The number of likely N-dealkylation sites (N-methyl/N-ethyl adjacent to an activating group) is 1. The van der Waals surface area contributed by atoms with Crippen LogP contribution in [0.15, 0.2) is 42.6 Å². The highest BCUT2D eigenvalue weighted by atomic mass is 19.1. The number of rotatable bonds is 6. The minimum Gasteiger partial charge on any atom is -0.476 e. The lowest BCUT2D eigenvalue weighted by Gasteiger charge is -2.17. The number of pyridine rings is 1. The summed E-state index contributed by atoms with van der Waals surface area (Å²) in [5, 5.41) is 10.8. The van der Waals surface area contributed by atoms with E-state index in [0.29, 0.717) is 0 Å². The summed E-state index contributed by atoms with van der Waals surface area (Å²) in [5.74, 6) is -1.23. The van der Waals surface area contributed by atoms with Crippen LogP contribution in [0, 0.1) is 15.9 Å². The number of hydrogen-bond donors (Lipinski definition) is 0. The number of carbonyl (C=O) groups excluding carboxylic acids is 1. The Balaban J connectivity index is 1.94. The van der Waals surface area contributed by atoms with Crippen LogP contribution in [0.1, 0.15) is 5.56 Å². The normalized spacial score (nSPS) is 10.2. The molecule has 7 nitrogen and oxygen atoms in total. The quantitative estimate of drug-likeness (QED) is 0.601. The molecule has 0 spiro atoms. The number of carbonyl (C=O) groups is 1. The van der Waals surface area contributed by atoms with Gasteiger partial charge in [-0.2, -0.15) is 0 Å². The van der Waals surface area contributed by atoms with Gasteiger partial charge < -0.3 is 19.8 Å². The van der Waals surface area contributed by atoms with E-state index in [4.69, 9.17) is 4.74 Å². The van der Waals surface area contributed by atoms with Gasteiger partial charge >= 0.3 is 5.82 Å². The third-order valence-electron chi connectivity index (χ3n) is 3.03. The molecule has 2 rings (SSSR count). The molecule has 0 aliphatic heterocycles. The lowest BCUT2D eigenvalue weighted by Crippen LogP contribution is -2.31. The Kier molecular flexibility index (Phi) is 5.19. The topological polar surface area (TPSA) is 85.6 Å². The second-order valence-corrected chi connectivity index (χ2v) is 4.75. The van der Waals surface area contributed by atoms with Gasteiger partial charge in [0, 0.05) is 13.6 Å². The summed E-state index contributed by atoms with van der Waals surface area (Å²) in [7, 11) is 1.56.